The Labute approximate surface area is 159 Å². The van der Waals surface area contributed by atoms with Gasteiger partial charge in [0.2, 0.25) is 0 Å². The number of carbonyl (C=O) groups is 1. The third-order valence-corrected chi connectivity index (χ3v) is 5.78. The molecule has 2 fully saturated rings. The van der Waals surface area contributed by atoms with Gasteiger partial charge in [-0.2, -0.15) is 0 Å². The van der Waals surface area contributed by atoms with Gasteiger partial charge in [0.15, 0.2) is 0 Å². The SMILES string of the molecule is Cc1ccccc1C1(C(=O)OC2CCN(c3ccc(Cl)cn3)CC2)CC1. The Bertz CT molecular complexity index is 794. The third-order valence-electron chi connectivity index (χ3n) is 5.55. The normalized spacial score (nSPS) is 19.2. The number of rotatable bonds is 4. The Morgan fingerprint density at radius 1 is 1.19 bits per heavy atom. The second-order valence-electron chi connectivity index (χ2n) is 7.32. The van der Waals surface area contributed by atoms with Crippen molar-refractivity contribution in [1.29, 1.82) is 0 Å². The van der Waals surface area contributed by atoms with Gasteiger partial charge in [-0.25, -0.2) is 4.98 Å². The van der Waals surface area contributed by atoms with E-state index >= 15 is 0 Å². The molecule has 2 heterocycles. The first kappa shape index (κ1) is 17.3. The summed E-state index contributed by atoms with van der Waals surface area (Å²) in [6, 6.07) is 12.0. The van der Waals surface area contributed by atoms with E-state index < -0.39 is 5.41 Å². The second-order valence-corrected chi connectivity index (χ2v) is 7.76. The van der Waals surface area contributed by atoms with Crippen molar-refractivity contribution in [2.75, 3.05) is 18.0 Å². The summed E-state index contributed by atoms with van der Waals surface area (Å²) >= 11 is 5.90. The highest BCUT2D eigenvalue weighted by Gasteiger charge is 2.54. The minimum absolute atomic E-state index is 0.00690. The van der Waals surface area contributed by atoms with E-state index in [1.54, 1.807) is 6.20 Å². The van der Waals surface area contributed by atoms with E-state index in [2.05, 4.69) is 28.9 Å². The minimum atomic E-state index is -0.403. The maximum atomic E-state index is 12.9. The molecule has 1 aromatic carbocycles. The maximum Gasteiger partial charge on any atom is 0.316 e. The number of benzene rings is 1. The zero-order valence-electron chi connectivity index (χ0n) is 15.0. The lowest BCUT2D eigenvalue weighted by molar-refractivity contribution is -0.153. The predicted molar refractivity (Wildman–Crippen MR) is 103 cm³/mol. The summed E-state index contributed by atoms with van der Waals surface area (Å²) in [6.07, 6.45) is 5.11. The molecule has 1 aliphatic carbocycles. The number of ether oxygens (including phenoxy) is 1. The number of hydrogen-bond acceptors (Lipinski definition) is 4. The van der Waals surface area contributed by atoms with Crippen LogP contribution in [-0.4, -0.2) is 30.1 Å². The molecule has 0 spiro atoms. The summed E-state index contributed by atoms with van der Waals surface area (Å²) < 4.78 is 5.92. The molecule has 136 valence electrons. The number of anilines is 1. The lowest BCUT2D eigenvalue weighted by Crippen LogP contribution is -2.39. The van der Waals surface area contributed by atoms with Crippen LogP contribution >= 0.6 is 11.6 Å². The zero-order chi connectivity index (χ0) is 18.1. The van der Waals surface area contributed by atoms with Crippen molar-refractivity contribution >= 4 is 23.4 Å². The Morgan fingerprint density at radius 3 is 2.54 bits per heavy atom. The number of hydrogen-bond donors (Lipinski definition) is 0. The van der Waals surface area contributed by atoms with Gasteiger partial charge in [-0.1, -0.05) is 35.9 Å². The fourth-order valence-electron chi connectivity index (χ4n) is 3.84. The van der Waals surface area contributed by atoms with Crippen LogP contribution in [-0.2, 0) is 14.9 Å². The van der Waals surface area contributed by atoms with E-state index in [1.165, 1.54) is 5.56 Å². The lowest BCUT2D eigenvalue weighted by atomic mass is 9.92. The van der Waals surface area contributed by atoms with Gasteiger partial charge in [-0.05, 0) is 43.0 Å². The summed E-state index contributed by atoms with van der Waals surface area (Å²) in [5, 5.41) is 0.642. The van der Waals surface area contributed by atoms with Crippen molar-refractivity contribution < 1.29 is 9.53 Å². The molecule has 1 saturated heterocycles. The molecular weight excluding hydrogens is 348 g/mol. The molecule has 0 N–H and O–H groups in total. The molecule has 2 aliphatic rings. The fraction of sp³-hybridized carbons (Fsp3) is 0.429. The first-order valence-electron chi connectivity index (χ1n) is 9.22. The van der Waals surface area contributed by atoms with Crippen LogP contribution < -0.4 is 4.90 Å². The summed E-state index contributed by atoms with van der Waals surface area (Å²) in [6.45, 7) is 3.74. The van der Waals surface area contributed by atoms with Crippen molar-refractivity contribution in [1.82, 2.24) is 4.98 Å². The molecule has 0 atom stereocenters. The molecule has 1 aliphatic heterocycles. The molecule has 0 radical (unpaired) electrons. The van der Waals surface area contributed by atoms with Gasteiger partial charge in [0.1, 0.15) is 11.9 Å². The summed E-state index contributed by atoms with van der Waals surface area (Å²) in [4.78, 5) is 19.5. The molecule has 5 heteroatoms. The molecule has 4 nitrogen and oxygen atoms in total. The molecule has 2 aromatic rings. The predicted octanol–water partition coefficient (Wildman–Crippen LogP) is 4.29. The first-order chi connectivity index (χ1) is 12.6. The van der Waals surface area contributed by atoms with Crippen LogP contribution in [0.15, 0.2) is 42.6 Å². The average Bonchev–Trinajstić information content (AvgIpc) is 3.45. The van der Waals surface area contributed by atoms with E-state index in [0.717, 1.165) is 50.2 Å². The number of pyridine rings is 1. The number of nitrogens with zero attached hydrogens (tertiary/aromatic N) is 2. The van der Waals surface area contributed by atoms with E-state index in [9.17, 15) is 4.79 Å². The molecular formula is C21H23ClN2O2. The Kier molecular flexibility index (Phi) is 4.62. The first-order valence-corrected chi connectivity index (χ1v) is 9.60. The van der Waals surface area contributed by atoms with Gasteiger partial charge in [0.25, 0.3) is 0 Å². The van der Waals surface area contributed by atoms with Crippen LogP contribution in [0.25, 0.3) is 0 Å². The van der Waals surface area contributed by atoms with Crippen molar-refractivity contribution in [2.24, 2.45) is 0 Å². The minimum Gasteiger partial charge on any atom is -0.462 e. The Morgan fingerprint density at radius 2 is 1.92 bits per heavy atom. The highest BCUT2D eigenvalue weighted by atomic mass is 35.5. The monoisotopic (exact) mass is 370 g/mol. The molecule has 0 amide bonds. The van der Waals surface area contributed by atoms with Crippen LogP contribution in [0.5, 0.6) is 0 Å². The highest BCUT2D eigenvalue weighted by Crippen LogP contribution is 2.50. The van der Waals surface area contributed by atoms with Crippen molar-refractivity contribution in [3.05, 3.63) is 58.7 Å². The van der Waals surface area contributed by atoms with Gasteiger partial charge in [0, 0.05) is 32.1 Å². The van der Waals surface area contributed by atoms with Gasteiger partial charge in [-0.15, -0.1) is 0 Å². The van der Waals surface area contributed by atoms with Crippen LogP contribution in [0, 0.1) is 6.92 Å². The number of halogens is 1. The van der Waals surface area contributed by atoms with Gasteiger partial charge in [-0.3, -0.25) is 4.79 Å². The molecule has 1 saturated carbocycles. The maximum absolute atomic E-state index is 12.9. The quantitative estimate of drug-likeness (QED) is 0.753. The number of piperidine rings is 1. The number of esters is 1. The lowest BCUT2D eigenvalue weighted by Gasteiger charge is -2.33. The van der Waals surface area contributed by atoms with Gasteiger partial charge < -0.3 is 9.64 Å². The summed E-state index contributed by atoms with van der Waals surface area (Å²) in [5.74, 6) is 0.882. The Balaban J connectivity index is 1.37. The standard InChI is InChI=1S/C21H23ClN2O2/c1-15-4-2-3-5-18(15)21(10-11-21)20(25)26-17-8-12-24(13-9-17)19-7-6-16(22)14-23-19/h2-7,14,17H,8-13H2,1H3. The fourth-order valence-corrected chi connectivity index (χ4v) is 3.95. The third kappa shape index (κ3) is 3.30. The second kappa shape index (κ2) is 6.92. The van der Waals surface area contributed by atoms with Crippen LogP contribution in [0.3, 0.4) is 0 Å². The molecule has 1 aromatic heterocycles. The largest absolute Gasteiger partial charge is 0.462 e. The Hall–Kier alpha value is -2.07. The topological polar surface area (TPSA) is 42.4 Å². The molecule has 0 unspecified atom stereocenters. The van der Waals surface area contributed by atoms with E-state index in [-0.39, 0.29) is 12.1 Å². The van der Waals surface area contributed by atoms with Crippen LogP contribution in [0.1, 0.15) is 36.8 Å². The van der Waals surface area contributed by atoms with E-state index in [4.69, 9.17) is 16.3 Å². The molecule has 26 heavy (non-hydrogen) atoms. The molecule has 4 rings (SSSR count). The molecule has 0 bridgehead atoms. The number of aromatic nitrogens is 1. The zero-order valence-corrected chi connectivity index (χ0v) is 15.7. The van der Waals surface area contributed by atoms with Crippen LogP contribution in [0.2, 0.25) is 5.02 Å². The van der Waals surface area contributed by atoms with Crippen molar-refractivity contribution in [3.63, 3.8) is 0 Å². The van der Waals surface area contributed by atoms with E-state index in [1.807, 2.05) is 24.3 Å². The van der Waals surface area contributed by atoms with Crippen LogP contribution in [0.4, 0.5) is 5.82 Å². The van der Waals surface area contributed by atoms with Gasteiger partial charge in [0.05, 0.1) is 10.4 Å². The highest BCUT2D eigenvalue weighted by molar-refractivity contribution is 6.30. The van der Waals surface area contributed by atoms with Crippen molar-refractivity contribution in [2.45, 2.75) is 44.1 Å². The van der Waals surface area contributed by atoms with E-state index in [0.29, 0.717) is 5.02 Å². The summed E-state index contributed by atoms with van der Waals surface area (Å²) in [7, 11) is 0. The average molecular weight is 371 g/mol. The van der Waals surface area contributed by atoms with Crippen molar-refractivity contribution in [3.8, 4) is 0 Å². The summed E-state index contributed by atoms with van der Waals surface area (Å²) in [5.41, 5.74) is 1.90. The number of aryl methyl sites for hydroxylation is 1. The number of carbonyl (C=O) groups excluding carboxylic acids is 1. The van der Waals surface area contributed by atoms with Gasteiger partial charge >= 0.3 is 5.97 Å². The smallest absolute Gasteiger partial charge is 0.316 e.